The van der Waals surface area contributed by atoms with Gasteiger partial charge in [0.2, 0.25) is 0 Å². The Hall–Kier alpha value is -1.32. The molecule has 18 heavy (non-hydrogen) atoms. The van der Waals surface area contributed by atoms with E-state index in [0.717, 1.165) is 36.0 Å². The number of aromatic nitrogens is 1. The van der Waals surface area contributed by atoms with Gasteiger partial charge in [-0.25, -0.2) is 4.98 Å². The fraction of sp³-hybridized carbons (Fsp3) is 0.357. The van der Waals surface area contributed by atoms with Crippen molar-refractivity contribution in [3.63, 3.8) is 0 Å². The van der Waals surface area contributed by atoms with Crippen LogP contribution in [0.5, 0.6) is 5.75 Å². The molecule has 3 nitrogen and oxygen atoms in total. The Balaban J connectivity index is 2.06. The van der Waals surface area contributed by atoms with Gasteiger partial charge in [0.25, 0.3) is 0 Å². The molecule has 2 heterocycles. The minimum atomic E-state index is 0.193. The van der Waals surface area contributed by atoms with E-state index in [1.54, 1.807) is 6.07 Å². The van der Waals surface area contributed by atoms with Crippen molar-refractivity contribution in [1.29, 1.82) is 0 Å². The number of fused-ring (bicyclic) bond motifs is 1. The van der Waals surface area contributed by atoms with Gasteiger partial charge in [0.1, 0.15) is 5.75 Å². The standard InChI is InChI=1S/C14H14ClNO2/c15-11-3-4-12-10(6-11)7-13(17)14(16-12)9-2-1-5-18-8-9/h3-4,6-7,9,17H,1-2,5,8H2. The smallest absolute Gasteiger partial charge is 0.138 e. The molecule has 0 radical (unpaired) electrons. The predicted octanol–water partition coefficient (Wildman–Crippen LogP) is 3.49. The van der Waals surface area contributed by atoms with Gasteiger partial charge in [-0.15, -0.1) is 0 Å². The van der Waals surface area contributed by atoms with Crippen LogP contribution >= 0.6 is 11.6 Å². The normalized spacial score (nSPS) is 20.2. The summed E-state index contributed by atoms with van der Waals surface area (Å²) in [6.45, 7) is 1.44. The minimum Gasteiger partial charge on any atom is -0.506 e. The van der Waals surface area contributed by atoms with Gasteiger partial charge in [0.15, 0.2) is 0 Å². The van der Waals surface area contributed by atoms with Gasteiger partial charge in [-0.1, -0.05) is 11.6 Å². The Bertz CT molecular complexity index is 579. The molecule has 1 atom stereocenters. The van der Waals surface area contributed by atoms with E-state index in [1.807, 2.05) is 18.2 Å². The molecule has 1 aliphatic heterocycles. The van der Waals surface area contributed by atoms with Gasteiger partial charge in [-0.3, -0.25) is 0 Å². The molecule has 0 aliphatic carbocycles. The second-order valence-corrected chi connectivity index (χ2v) is 5.08. The monoisotopic (exact) mass is 263 g/mol. The van der Waals surface area contributed by atoms with Crippen LogP contribution in [-0.2, 0) is 4.74 Å². The Morgan fingerprint density at radius 3 is 3.00 bits per heavy atom. The first-order chi connectivity index (χ1) is 8.74. The van der Waals surface area contributed by atoms with Gasteiger partial charge in [-0.05, 0) is 37.1 Å². The van der Waals surface area contributed by atoms with E-state index in [2.05, 4.69) is 4.98 Å². The molecule has 0 bridgehead atoms. The molecule has 1 aromatic carbocycles. The number of aromatic hydroxyl groups is 1. The van der Waals surface area contributed by atoms with Crippen LogP contribution in [0.25, 0.3) is 10.9 Å². The number of ether oxygens (including phenoxy) is 1. The summed E-state index contributed by atoms with van der Waals surface area (Å²) < 4.78 is 5.45. The Kier molecular flexibility index (Phi) is 3.10. The maximum Gasteiger partial charge on any atom is 0.138 e. The van der Waals surface area contributed by atoms with Gasteiger partial charge >= 0.3 is 0 Å². The summed E-state index contributed by atoms with van der Waals surface area (Å²) >= 11 is 5.93. The third-order valence-corrected chi connectivity index (χ3v) is 3.57. The van der Waals surface area contributed by atoms with Crippen molar-refractivity contribution in [3.8, 4) is 5.75 Å². The van der Waals surface area contributed by atoms with Gasteiger partial charge in [0.05, 0.1) is 17.8 Å². The molecule has 94 valence electrons. The average molecular weight is 264 g/mol. The molecule has 1 fully saturated rings. The van der Waals surface area contributed by atoms with Crippen LogP contribution in [0.4, 0.5) is 0 Å². The van der Waals surface area contributed by atoms with Crippen LogP contribution in [-0.4, -0.2) is 23.3 Å². The van der Waals surface area contributed by atoms with Crippen molar-refractivity contribution >= 4 is 22.5 Å². The van der Waals surface area contributed by atoms with E-state index in [1.165, 1.54) is 0 Å². The molecule has 0 saturated carbocycles. The number of pyridine rings is 1. The molecular weight excluding hydrogens is 250 g/mol. The zero-order valence-electron chi connectivity index (χ0n) is 9.90. The van der Waals surface area contributed by atoms with Crippen molar-refractivity contribution in [3.05, 3.63) is 35.0 Å². The summed E-state index contributed by atoms with van der Waals surface area (Å²) in [5.74, 6) is 0.430. The molecule has 1 saturated heterocycles. The molecule has 2 aromatic rings. The number of hydrogen-bond acceptors (Lipinski definition) is 3. The van der Waals surface area contributed by atoms with E-state index in [0.29, 0.717) is 11.6 Å². The first-order valence-electron chi connectivity index (χ1n) is 6.11. The lowest BCUT2D eigenvalue weighted by molar-refractivity contribution is 0.0786. The molecule has 0 spiro atoms. The van der Waals surface area contributed by atoms with Crippen LogP contribution in [0.3, 0.4) is 0 Å². The fourth-order valence-electron chi connectivity index (χ4n) is 2.41. The highest BCUT2D eigenvalue weighted by atomic mass is 35.5. The highest BCUT2D eigenvalue weighted by molar-refractivity contribution is 6.31. The molecule has 4 heteroatoms. The van der Waals surface area contributed by atoms with Gasteiger partial charge in [-0.2, -0.15) is 0 Å². The van der Waals surface area contributed by atoms with Crippen LogP contribution in [0, 0.1) is 0 Å². The van der Waals surface area contributed by atoms with Crippen LogP contribution in [0.1, 0.15) is 24.5 Å². The maximum absolute atomic E-state index is 10.1. The Labute approximate surface area is 110 Å². The Morgan fingerprint density at radius 2 is 2.22 bits per heavy atom. The number of benzene rings is 1. The van der Waals surface area contributed by atoms with E-state index in [4.69, 9.17) is 16.3 Å². The minimum absolute atomic E-state index is 0.193. The second-order valence-electron chi connectivity index (χ2n) is 4.64. The number of hydrogen-bond donors (Lipinski definition) is 1. The topological polar surface area (TPSA) is 42.4 Å². The van der Waals surface area contributed by atoms with Crippen molar-refractivity contribution in [2.24, 2.45) is 0 Å². The zero-order chi connectivity index (χ0) is 12.5. The number of rotatable bonds is 1. The van der Waals surface area contributed by atoms with Crippen LogP contribution in [0.15, 0.2) is 24.3 Å². The third-order valence-electron chi connectivity index (χ3n) is 3.33. The molecular formula is C14H14ClNO2. The van der Waals surface area contributed by atoms with Gasteiger partial charge < -0.3 is 9.84 Å². The maximum atomic E-state index is 10.1. The first-order valence-corrected chi connectivity index (χ1v) is 6.49. The van der Waals surface area contributed by atoms with E-state index in [9.17, 15) is 5.11 Å². The first kappa shape index (κ1) is 11.8. The summed E-state index contributed by atoms with van der Waals surface area (Å²) in [6.07, 6.45) is 2.03. The summed E-state index contributed by atoms with van der Waals surface area (Å²) in [6, 6.07) is 7.24. The largest absolute Gasteiger partial charge is 0.506 e. The van der Waals surface area contributed by atoms with Crippen molar-refractivity contribution in [2.45, 2.75) is 18.8 Å². The highest BCUT2D eigenvalue weighted by Gasteiger charge is 2.21. The lowest BCUT2D eigenvalue weighted by atomic mass is 9.96. The fourth-order valence-corrected chi connectivity index (χ4v) is 2.59. The lowest BCUT2D eigenvalue weighted by Gasteiger charge is -2.22. The zero-order valence-corrected chi connectivity index (χ0v) is 10.7. The summed E-state index contributed by atoms with van der Waals surface area (Å²) in [5, 5.41) is 11.6. The summed E-state index contributed by atoms with van der Waals surface area (Å²) in [7, 11) is 0. The van der Waals surface area contributed by atoms with Gasteiger partial charge in [0, 0.05) is 22.9 Å². The molecule has 1 aromatic heterocycles. The molecule has 1 aliphatic rings. The van der Waals surface area contributed by atoms with Crippen molar-refractivity contribution in [2.75, 3.05) is 13.2 Å². The average Bonchev–Trinajstić information content (AvgIpc) is 2.39. The Morgan fingerprint density at radius 1 is 1.33 bits per heavy atom. The molecule has 1 unspecified atom stereocenters. The van der Waals surface area contributed by atoms with Crippen LogP contribution < -0.4 is 0 Å². The molecule has 3 rings (SSSR count). The van der Waals surface area contributed by atoms with Crippen molar-refractivity contribution < 1.29 is 9.84 Å². The third kappa shape index (κ3) is 2.16. The number of halogens is 1. The van der Waals surface area contributed by atoms with Crippen LogP contribution in [0.2, 0.25) is 5.02 Å². The quantitative estimate of drug-likeness (QED) is 0.856. The summed E-state index contributed by atoms with van der Waals surface area (Å²) in [5.41, 5.74) is 1.60. The predicted molar refractivity (Wildman–Crippen MR) is 71.2 cm³/mol. The lowest BCUT2D eigenvalue weighted by Crippen LogP contribution is -2.16. The summed E-state index contributed by atoms with van der Waals surface area (Å²) in [4.78, 5) is 4.55. The second kappa shape index (κ2) is 4.75. The van der Waals surface area contributed by atoms with E-state index < -0.39 is 0 Å². The molecule has 0 amide bonds. The van der Waals surface area contributed by atoms with E-state index in [-0.39, 0.29) is 11.7 Å². The van der Waals surface area contributed by atoms with E-state index >= 15 is 0 Å². The van der Waals surface area contributed by atoms with Crippen molar-refractivity contribution in [1.82, 2.24) is 4.98 Å². The number of nitrogens with zero attached hydrogens (tertiary/aromatic N) is 1. The molecule has 1 N–H and O–H groups in total. The SMILES string of the molecule is Oc1cc2cc(Cl)ccc2nc1C1CCCOC1. The highest BCUT2D eigenvalue weighted by Crippen LogP contribution is 2.33.